The third-order valence-corrected chi connectivity index (χ3v) is 5.01. The van der Waals surface area contributed by atoms with E-state index in [4.69, 9.17) is 4.74 Å². The van der Waals surface area contributed by atoms with Crippen LogP contribution in [0.1, 0.15) is 37.2 Å². The number of hydrogen-bond donors (Lipinski definition) is 1. The lowest BCUT2D eigenvalue weighted by Crippen LogP contribution is -2.43. The Morgan fingerprint density at radius 1 is 1.29 bits per heavy atom. The average Bonchev–Trinajstić information content (AvgIpc) is 2.72. The maximum Gasteiger partial charge on any atom is 0.316 e. The second kappa shape index (κ2) is 6.16. The van der Waals surface area contributed by atoms with Crippen molar-refractivity contribution in [2.75, 3.05) is 13.7 Å². The van der Waals surface area contributed by atoms with E-state index in [9.17, 15) is 9.90 Å². The Balaban J connectivity index is 1.63. The van der Waals surface area contributed by atoms with Crippen molar-refractivity contribution in [3.05, 3.63) is 35.9 Å². The van der Waals surface area contributed by atoms with Crippen LogP contribution < -0.4 is 0 Å². The molecular formula is C17H23NO3. The van der Waals surface area contributed by atoms with Gasteiger partial charge in [0.05, 0.1) is 6.61 Å². The number of fused-ring (bicyclic) bond motifs is 2. The molecule has 0 radical (unpaired) electrons. The van der Waals surface area contributed by atoms with Crippen molar-refractivity contribution in [1.29, 1.82) is 0 Å². The zero-order chi connectivity index (χ0) is 14.8. The van der Waals surface area contributed by atoms with Crippen LogP contribution in [0.4, 0.5) is 0 Å². The molecule has 0 aromatic heterocycles. The van der Waals surface area contributed by atoms with Gasteiger partial charge in [0, 0.05) is 12.1 Å². The van der Waals surface area contributed by atoms with Gasteiger partial charge in [0.1, 0.15) is 12.0 Å². The zero-order valence-electron chi connectivity index (χ0n) is 12.4. The molecule has 2 aliphatic heterocycles. The van der Waals surface area contributed by atoms with Gasteiger partial charge in [0.2, 0.25) is 0 Å². The Hall–Kier alpha value is -1.39. The summed E-state index contributed by atoms with van der Waals surface area (Å²) < 4.78 is 5.70. The highest BCUT2D eigenvalue weighted by Crippen LogP contribution is 2.36. The minimum atomic E-state index is -0.566. The minimum absolute atomic E-state index is 0.00367. The summed E-state index contributed by atoms with van der Waals surface area (Å²) in [7, 11) is 2.17. The number of aliphatic hydroxyl groups excluding tert-OH is 1. The van der Waals surface area contributed by atoms with E-state index in [2.05, 4.69) is 11.9 Å². The van der Waals surface area contributed by atoms with Crippen molar-refractivity contribution < 1.29 is 14.6 Å². The molecule has 0 unspecified atom stereocenters. The van der Waals surface area contributed by atoms with E-state index in [0.717, 1.165) is 18.4 Å². The van der Waals surface area contributed by atoms with Gasteiger partial charge in [0.25, 0.3) is 0 Å². The van der Waals surface area contributed by atoms with Crippen LogP contribution in [0.25, 0.3) is 0 Å². The van der Waals surface area contributed by atoms with Crippen molar-refractivity contribution in [2.24, 2.45) is 0 Å². The summed E-state index contributed by atoms with van der Waals surface area (Å²) in [5, 5.41) is 9.53. The van der Waals surface area contributed by atoms with Crippen LogP contribution >= 0.6 is 0 Å². The van der Waals surface area contributed by atoms with Gasteiger partial charge in [-0.3, -0.25) is 4.79 Å². The summed E-state index contributed by atoms with van der Waals surface area (Å²) in [4.78, 5) is 14.8. The molecule has 2 saturated heterocycles. The molecule has 0 spiro atoms. The van der Waals surface area contributed by atoms with Crippen molar-refractivity contribution in [3.63, 3.8) is 0 Å². The van der Waals surface area contributed by atoms with Crippen LogP contribution in [-0.2, 0) is 9.53 Å². The fourth-order valence-electron chi connectivity index (χ4n) is 3.71. The molecule has 3 atom stereocenters. The molecule has 0 aliphatic carbocycles. The van der Waals surface area contributed by atoms with Crippen LogP contribution in [0, 0.1) is 0 Å². The molecule has 2 fully saturated rings. The van der Waals surface area contributed by atoms with Crippen LogP contribution in [0.3, 0.4) is 0 Å². The standard InChI is InChI=1S/C17H23NO3/c1-18-13-7-8-14(18)10-15(9-13)21-17(20)16(11-19)12-5-3-2-4-6-12/h2-6,13-16,19H,7-11H2,1H3/t13-,14-,16-/m1/s1. The average molecular weight is 289 g/mol. The Bertz CT molecular complexity index is 476. The molecule has 1 N–H and O–H groups in total. The number of esters is 1. The lowest BCUT2D eigenvalue weighted by molar-refractivity contribution is -0.155. The first-order chi connectivity index (χ1) is 10.2. The van der Waals surface area contributed by atoms with E-state index in [1.54, 1.807) is 0 Å². The highest BCUT2D eigenvalue weighted by molar-refractivity contribution is 5.78. The molecule has 4 heteroatoms. The first-order valence-electron chi connectivity index (χ1n) is 7.77. The summed E-state index contributed by atoms with van der Waals surface area (Å²) in [6, 6.07) is 10.5. The third kappa shape index (κ3) is 2.97. The summed E-state index contributed by atoms with van der Waals surface area (Å²) in [5.41, 5.74) is 0.820. The first kappa shape index (κ1) is 14.5. The number of hydrogen-bond acceptors (Lipinski definition) is 4. The van der Waals surface area contributed by atoms with E-state index in [1.165, 1.54) is 12.8 Å². The molecule has 2 heterocycles. The second-order valence-corrected chi connectivity index (χ2v) is 6.23. The van der Waals surface area contributed by atoms with Gasteiger partial charge in [-0.15, -0.1) is 0 Å². The van der Waals surface area contributed by atoms with E-state index >= 15 is 0 Å². The van der Waals surface area contributed by atoms with Crippen LogP contribution in [0.2, 0.25) is 0 Å². The smallest absolute Gasteiger partial charge is 0.316 e. The Morgan fingerprint density at radius 3 is 2.48 bits per heavy atom. The van der Waals surface area contributed by atoms with Gasteiger partial charge < -0.3 is 14.7 Å². The second-order valence-electron chi connectivity index (χ2n) is 6.23. The lowest BCUT2D eigenvalue weighted by atomic mass is 9.98. The first-order valence-corrected chi connectivity index (χ1v) is 7.77. The van der Waals surface area contributed by atoms with E-state index in [-0.39, 0.29) is 18.7 Å². The third-order valence-electron chi connectivity index (χ3n) is 5.01. The highest BCUT2D eigenvalue weighted by Gasteiger charge is 2.40. The summed E-state index contributed by atoms with van der Waals surface area (Å²) in [5.74, 6) is -0.860. The number of nitrogens with zero attached hydrogens (tertiary/aromatic N) is 1. The molecule has 1 aromatic rings. The summed E-state index contributed by atoms with van der Waals surface area (Å²) >= 11 is 0. The Morgan fingerprint density at radius 2 is 1.90 bits per heavy atom. The van der Waals surface area contributed by atoms with E-state index < -0.39 is 5.92 Å². The maximum atomic E-state index is 12.4. The Labute approximate surface area is 125 Å². The van der Waals surface area contributed by atoms with Crippen LogP contribution in [0.15, 0.2) is 30.3 Å². The van der Waals surface area contributed by atoms with Gasteiger partial charge in [-0.2, -0.15) is 0 Å². The monoisotopic (exact) mass is 289 g/mol. The molecule has 2 aliphatic rings. The van der Waals surface area contributed by atoms with Gasteiger partial charge >= 0.3 is 5.97 Å². The molecule has 2 bridgehead atoms. The number of aliphatic hydroxyl groups is 1. The Kier molecular flexibility index (Phi) is 4.27. The van der Waals surface area contributed by atoms with Crippen molar-refractivity contribution in [1.82, 2.24) is 4.90 Å². The van der Waals surface area contributed by atoms with Gasteiger partial charge in [-0.05, 0) is 38.3 Å². The molecule has 114 valence electrons. The van der Waals surface area contributed by atoms with Crippen LogP contribution in [-0.4, -0.2) is 47.8 Å². The van der Waals surface area contributed by atoms with Gasteiger partial charge in [-0.25, -0.2) is 0 Å². The van der Waals surface area contributed by atoms with Crippen molar-refractivity contribution in [2.45, 2.75) is 49.8 Å². The van der Waals surface area contributed by atoms with E-state index in [0.29, 0.717) is 12.1 Å². The number of piperidine rings is 1. The SMILES string of the molecule is CN1[C@@H]2CC[C@@H]1CC(OC(=O)[C@H](CO)c1ccccc1)C2. The van der Waals surface area contributed by atoms with Crippen molar-refractivity contribution in [3.8, 4) is 0 Å². The fraction of sp³-hybridized carbons (Fsp3) is 0.588. The molecular weight excluding hydrogens is 266 g/mol. The largest absolute Gasteiger partial charge is 0.462 e. The van der Waals surface area contributed by atoms with Crippen LogP contribution in [0.5, 0.6) is 0 Å². The molecule has 0 amide bonds. The predicted molar refractivity (Wildman–Crippen MR) is 80.0 cm³/mol. The lowest BCUT2D eigenvalue weighted by Gasteiger charge is -2.36. The number of carbonyl (C=O) groups is 1. The number of carbonyl (C=O) groups excluding carboxylic acids is 1. The molecule has 1 aromatic carbocycles. The zero-order valence-corrected chi connectivity index (χ0v) is 12.4. The highest BCUT2D eigenvalue weighted by atomic mass is 16.5. The number of ether oxygens (including phenoxy) is 1. The molecule has 21 heavy (non-hydrogen) atoms. The topological polar surface area (TPSA) is 49.8 Å². The quantitative estimate of drug-likeness (QED) is 0.861. The summed E-state index contributed by atoms with van der Waals surface area (Å²) in [6.07, 6.45) is 4.26. The summed E-state index contributed by atoms with van der Waals surface area (Å²) in [6.45, 7) is -0.206. The maximum absolute atomic E-state index is 12.4. The predicted octanol–water partition coefficient (Wildman–Crippen LogP) is 1.93. The molecule has 3 rings (SSSR count). The van der Waals surface area contributed by atoms with Gasteiger partial charge in [-0.1, -0.05) is 30.3 Å². The molecule has 4 nitrogen and oxygen atoms in total. The molecule has 0 saturated carbocycles. The minimum Gasteiger partial charge on any atom is -0.462 e. The number of rotatable bonds is 4. The van der Waals surface area contributed by atoms with Crippen molar-refractivity contribution >= 4 is 5.97 Å². The number of benzene rings is 1. The normalized spacial score (nSPS) is 30.1. The fourth-order valence-corrected chi connectivity index (χ4v) is 3.71. The van der Waals surface area contributed by atoms with Gasteiger partial charge in [0.15, 0.2) is 0 Å². The van der Waals surface area contributed by atoms with E-state index in [1.807, 2.05) is 30.3 Å².